The Morgan fingerprint density at radius 2 is 1.89 bits per heavy atom. The minimum Gasteiger partial charge on any atom is -0.0679 e. The number of hydrogen-bond acceptors (Lipinski definition) is 0. The molecule has 0 amide bonds. The van der Waals surface area contributed by atoms with Crippen LogP contribution in [0.1, 0.15) is 6.92 Å². The molecule has 0 saturated heterocycles. The smallest absolute Gasteiger partial charge is 0.0665 e. The van der Waals surface area contributed by atoms with Crippen molar-refractivity contribution in [2.45, 2.75) is 13.0 Å². The third kappa shape index (κ3) is 2.02. The molecule has 0 spiro atoms. The zero-order valence-electron chi connectivity index (χ0n) is 5.67. The highest BCUT2D eigenvalue weighted by atomic mass is 28.2. The molecule has 0 aliphatic heterocycles. The summed E-state index contributed by atoms with van der Waals surface area (Å²) in [5.41, 5.74) is 0. The van der Waals surface area contributed by atoms with Crippen LogP contribution in [0.2, 0.25) is 6.04 Å². The summed E-state index contributed by atoms with van der Waals surface area (Å²) >= 11 is 0. The summed E-state index contributed by atoms with van der Waals surface area (Å²) in [7, 11) is 0.543. The summed E-state index contributed by atoms with van der Waals surface area (Å²) in [5, 5.41) is 1.53. The first-order valence-corrected chi connectivity index (χ1v) is 4.71. The molecule has 0 fully saturated rings. The monoisotopic (exact) mass is 135 g/mol. The van der Waals surface area contributed by atoms with Crippen molar-refractivity contribution >= 4 is 14.7 Å². The van der Waals surface area contributed by atoms with Gasteiger partial charge in [0, 0.05) is 0 Å². The minimum atomic E-state index is 0.543. The van der Waals surface area contributed by atoms with Gasteiger partial charge in [-0.25, -0.2) is 0 Å². The average Bonchev–Trinajstić information content (AvgIpc) is 1.91. The molecule has 0 heterocycles. The van der Waals surface area contributed by atoms with Crippen molar-refractivity contribution in [3.8, 4) is 0 Å². The molecule has 0 aliphatic rings. The molecule has 0 unspecified atom stereocenters. The van der Waals surface area contributed by atoms with E-state index in [1.807, 2.05) is 0 Å². The first-order chi connectivity index (χ1) is 4.43. The largest absolute Gasteiger partial charge is 0.0679 e. The topological polar surface area (TPSA) is 0 Å². The van der Waals surface area contributed by atoms with Crippen LogP contribution in [0.15, 0.2) is 30.3 Å². The number of benzene rings is 1. The lowest BCUT2D eigenvalue weighted by atomic mass is 10.4. The molecule has 9 heavy (non-hydrogen) atoms. The van der Waals surface area contributed by atoms with E-state index in [-0.39, 0.29) is 0 Å². The maximum atomic E-state index is 2.24. The van der Waals surface area contributed by atoms with Crippen LogP contribution in [0.4, 0.5) is 0 Å². The second-order valence-electron chi connectivity index (χ2n) is 2.02. The van der Waals surface area contributed by atoms with E-state index in [2.05, 4.69) is 37.3 Å². The van der Waals surface area contributed by atoms with Gasteiger partial charge in [-0.15, -0.1) is 0 Å². The highest BCUT2D eigenvalue weighted by molar-refractivity contribution is 6.53. The van der Waals surface area contributed by atoms with Gasteiger partial charge in [0.25, 0.3) is 0 Å². The fourth-order valence-electron chi connectivity index (χ4n) is 0.825. The third-order valence-electron chi connectivity index (χ3n) is 1.24. The van der Waals surface area contributed by atoms with Crippen molar-refractivity contribution < 1.29 is 0 Å². The Balaban J connectivity index is 2.61. The van der Waals surface area contributed by atoms with Crippen LogP contribution in [0, 0.1) is 0 Å². The van der Waals surface area contributed by atoms with Crippen LogP contribution in [0.5, 0.6) is 0 Å². The second-order valence-corrected chi connectivity index (χ2v) is 3.91. The first kappa shape index (κ1) is 6.56. The Morgan fingerprint density at radius 1 is 1.22 bits per heavy atom. The van der Waals surface area contributed by atoms with Gasteiger partial charge in [-0.3, -0.25) is 0 Å². The lowest BCUT2D eigenvalue weighted by Gasteiger charge is -1.92. The fourth-order valence-corrected chi connectivity index (χ4v) is 1.79. The SMILES string of the molecule is CC[SiH]c1ccccc1. The van der Waals surface area contributed by atoms with Crippen molar-refractivity contribution in [3.63, 3.8) is 0 Å². The lowest BCUT2D eigenvalue weighted by molar-refractivity contribution is 1.46. The van der Waals surface area contributed by atoms with Gasteiger partial charge in [0.2, 0.25) is 0 Å². The molecule has 0 bridgehead atoms. The zero-order chi connectivity index (χ0) is 6.53. The Hall–Kier alpha value is -0.563. The zero-order valence-corrected chi connectivity index (χ0v) is 6.83. The molecule has 0 nitrogen and oxygen atoms in total. The molecule has 1 aromatic rings. The van der Waals surface area contributed by atoms with E-state index in [1.165, 1.54) is 11.2 Å². The summed E-state index contributed by atoms with van der Waals surface area (Å²) in [6, 6.07) is 12.0. The normalized spacial score (nSPS) is 9.44. The lowest BCUT2D eigenvalue weighted by Crippen LogP contribution is -2.10. The Bertz CT molecular complexity index is 157. The van der Waals surface area contributed by atoms with Gasteiger partial charge in [0.1, 0.15) is 0 Å². The van der Waals surface area contributed by atoms with Gasteiger partial charge >= 0.3 is 0 Å². The molecule has 1 radical (unpaired) electrons. The molecule has 0 atom stereocenters. The Kier molecular flexibility index (Phi) is 2.52. The number of rotatable bonds is 2. The van der Waals surface area contributed by atoms with E-state index in [0.29, 0.717) is 9.52 Å². The van der Waals surface area contributed by atoms with Crippen molar-refractivity contribution in [1.82, 2.24) is 0 Å². The quantitative estimate of drug-likeness (QED) is 0.534. The predicted molar refractivity (Wildman–Crippen MR) is 43.7 cm³/mol. The first-order valence-electron chi connectivity index (χ1n) is 3.31. The van der Waals surface area contributed by atoms with Crippen LogP contribution < -0.4 is 5.19 Å². The molecular weight excluding hydrogens is 124 g/mol. The Morgan fingerprint density at radius 3 is 2.44 bits per heavy atom. The molecule has 1 aromatic carbocycles. The van der Waals surface area contributed by atoms with E-state index < -0.39 is 0 Å². The fraction of sp³-hybridized carbons (Fsp3) is 0.250. The summed E-state index contributed by atoms with van der Waals surface area (Å²) in [4.78, 5) is 0. The molecule has 0 aliphatic carbocycles. The molecule has 0 aromatic heterocycles. The van der Waals surface area contributed by atoms with Gasteiger partial charge in [-0.1, -0.05) is 48.5 Å². The van der Waals surface area contributed by atoms with Crippen LogP contribution in [-0.2, 0) is 0 Å². The summed E-state index contributed by atoms with van der Waals surface area (Å²) < 4.78 is 0. The van der Waals surface area contributed by atoms with Crippen molar-refractivity contribution in [2.75, 3.05) is 0 Å². The minimum absolute atomic E-state index is 0.543. The molecule has 0 N–H and O–H groups in total. The predicted octanol–water partition coefficient (Wildman–Crippen LogP) is 1.19. The van der Waals surface area contributed by atoms with Crippen molar-refractivity contribution in [3.05, 3.63) is 30.3 Å². The van der Waals surface area contributed by atoms with E-state index in [1.54, 1.807) is 0 Å². The van der Waals surface area contributed by atoms with Gasteiger partial charge in [0.05, 0.1) is 9.52 Å². The highest BCUT2D eigenvalue weighted by Crippen LogP contribution is 1.82. The maximum Gasteiger partial charge on any atom is 0.0665 e. The molecule has 1 rings (SSSR count). The van der Waals surface area contributed by atoms with Crippen LogP contribution in [0.25, 0.3) is 0 Å². The van der Waals surface area contributed by atoms with E-state index >= 15 is 0 Å². The van der Waals surface area contributed by atoms with Crippen molar-refractivity contribution in [2.24, 2.45) is 0 Å². The second kappa shape index (κ2) is 3.46. The third-order valence-corrected chi connectivity index (χ3v) is 2.50. The van der Waals surface area contributed by atoms with Crippen molar-refractivity contribution in [1.29, 1.82) is 0 Å². The van der Waals surface area contributed by atoms with Crippen LogP contribution >= 0.6 is 0 Å². The van der Waals surface area contributed by atoms with E-state index in [0.717, 1.165) is 0 Å². The summed E-state index contributed by atoms with van der Waals surface area (Å²) in [6.45, 7) is 2.24. The van der Waals surface area contributed by atoms with Gasteiger partial charge < -0.3 is 0 Å². The molecule has 1 heteroatoms. The van der Waals surface area contributed by atoms with E-state index in [9.17, 15) is 0 Å². The Labute approximate surface area is 58.7 Å². The summed E-state index contributed by atoms with van der Waals surface area (Å²) in [5.74, 6) is 0. The average molecular weight is 135 g/mol. The maximum absolute atomic E-state index is 2.24. The standard InChI is InChI=1S/C8H11Si/c1-2-9-8-6-4-3-5-7-8/h3-7,9H,2H2,1H3. The van der Waals surface area contributed by atoms with Gasteiger partial charge in [-0.2, -0.15) is 0 Å². The van der Waals surface area contributed by atoms with Gasteiger partial charge in [0.15, 0.2) is 0 Å². The summed E-state index contributed by atoms with van der Waals surface area (Å²) in [6.07, 6.45) is 0. The molecule has 47 valence electrons. The number of hydrogen-bond donors (Lipinski definition) is 0. The highest BCUT2D eigenvalue weighted by Gasteiger charge is 1.86. The molecule has 0 saturated carbocycles. The van der Waals surface area contributed by atoms with Crippen LogP contribution in [0.3, 0.4) is 0 Å². The van der Waals surface area contributed by atoms with Gasteiger partial charge in [-0.05, 0) is 0 Å². The molecular formula is C8H11Si. The van der Waals surface area contributed by atoms with Crippen LogP contribution in [-0.4, -0.2) is 9.52 Å². The van der Waals surface area contributed by atoms with E-state index in [4.69, 9.17) is 0 Å².